The van der Waals surface area contributed by atoms with Gasteiger partial charge in [0.2, 0.25) is 20.8 Å². The van der Waals surface area contributed by atoms with Crippen molar-refractivity contribution < 1.29 is 98.5 Å². The third-order valence-electron chi connectivity index (χ3n) is 14.0. The Bertz CT molecular complexity index is 1310. The molecule has 0 radical (unpaired) electrons. The Hall–Kier alpha value is 1.44. The largest absolute Gasteiger partial charge is 1.00 e. The summed E-state index contributed by atoms with van der Waals surface area (Å²) in [6.07, 6.45) is 5.39. The summed E-state index contributed by atoms with van der Waals surface area (Å²) < 4.78 is 81.4. The summed E-state index contributed by atoms with van der Waals surface area (Å²) in [5.41, 5.74) is -0.940. The van der Waals surface area contributed by atoms with Gasteiger partial charge in [-0.1, -0.05) is 48.1 Å². The first kappa shape index (κ1) is 38.9. The third kappa shape index (κ3) is 6.12. The van der Waals surface area contributed by atoms with Crippen molar-refractivity contribution in [3.8, 4) is 0 Å². The first-order chi connectivity index (χ1) is 18.6. The molecule has 0 aliphatic heterocycles. The Morgan fingerprint density at radius 2 is 1.33 bits per heavy atom. The van der Waals surface area contributed by atoms with Crippen molar-refractivity contribution in [2.24, 2.45) is 56.7 Å². The van der Waals surface area contributed by atoms with Crippen LogP contribution in [0.15, 0.2) is 12.2 Å². The van der Waals surface area contributed by atoms with Crippen LogP contribution in [0.2, 0.25) is 0 Å². The minimum Gasteiger partial charge on any atom is -0.726 e. The average molecular weight is 663 g/mol. The number of rotatable bonds is 6. The zero-order valence-corrected chi connectivity index (χ0v) is 33.0. The van der Waals surface area contributed by atoms with E-state index in [0.29, 0.717) is 19.3 Å². The van der Waals surface area contributed by atoms with Crippen molar-refractivity contribution in [2.75, 3.05) is 6.61 Å². The van der Waals surface area contributed by atoms with Crippen LogP contribution in [0.25, 0.3) is 0 Å². The standard InChI is InChI=1S/C30H50O9S2.2Na/c1-18(17-31)19-10-13-28(5)24(39-41(35,36)37)16-30(7)20(25(19)28)8-9-22-27(4)14-12-23(38-40(32,33)34)26(2,3)21(27)11-15-29(22,30)6;;/h19-25,31H,1,8-17H2,2-7H3,(H,32,33,34)(H,35,36,37);;/q;2*+1/p-2/t19-,20+,21-,22+,23-,24-,25+,27-,28+,29+,30+;;/m0../s1. The molecule has 1 N–H and O–H groups in total. The summed E-state index contributed by atoms with van der Waals surface area (Å²) in [6, 6.07) is 0. The van der Waals surface area contributed by atoms with E-state index in [1.165, 1.54) is 0 Å². The maximum atomic E-state index is 12.1. The Labute approximate surface area is 303 Å². The van der Waals surface area contributed by atoms with Crippen LogP contribution in [0.4, 0.5) is 0 Å². The van der Waals surface area contributed by atoms with Gasteiger partial charge in [-0.25, -0.2) is 16.8 Å². The van der Waals surface area contributed by atoms with Gasteiger partial charge in [-0.3, -0.25) is 8.37 Å². The first-order valence-corrected chi connectivity index (χ1v) is 17.9. The predicted octanol–water partition coefficient (Wildman–Crippen LogP) is -1.05. The molecule has 5 fully saturated rings. The molecular formula is C30H48Na2O9S2. The minimum atomic E-state index is -4.94. The van der Waals surface area contributed by atoms with Gasteiger partial charge >= 0.3 is 59.1 Å². The van der Waals surface area contributed by atoms with E-state index in [1.54, 1.807) is 0 Å². The zero-order chi connectivity index (χ0) is 30.6. The topological polar surface area (TPSA) is 153 Å². The van der Waals surface area contributed by atoms with Gasteiger partial charge in [0, 0.05) is 0 Å². The Morgan fingerprint density at radius 3 is 1.88 bits per heavy atom. The maximum Gasteiger partial charge on any atom is 1.00 e. The van der Waals surface area contributed by atoms with Crippen LogP contribution in [-0.2, 0) is 29.2 Å². The van der Waals surface area contributed by atoms with E-state index in [-0.39, 0.29) is 112 Å². The molecule has 5 aliphatic rings. The van der Waals surface area contributed by atoms with E-state index in [4.69, 9.17) is 8.37 Å². The third-order valence-corrected chi connectivity index (χ3v) is 15.0. The van der Waals surface area contributed by atoms with Crippen LogP contribution >= 0.6 is 0 Å². The Kier molecular flexibility index (Phi) is 11.2. The minimum absolute atomic E-state index is 0. The van der Waals surface area contributed by atoms with Crippen molar-refractivity contribution in [3.63, 3.8) is 0 Å². The molecule has 0 amide bonds. The van der Waals surface area contributed by atoms with E-state index in [0.717, 1.165) is 44.1 Å². The molecule has 5 aliphatic carbocycles. The van der Waals surface area contributed by atoms with Gasteiger partial charge in [-0.2, -0.15) is 0 Å². The molecule has 0 aromatic rings. The molecule has 0 aromatic carbocycles. The fourth-order valence-corrected chi connectivity index (χ4v) is 13.3. The summed E-state index contributed by atoms with van der Waals surface area (Å²) >= 11 is 0. The van der Waals surface area contributed by atoms with Gasteiger partial charge in [0.25, 0.3) is 0 Å². The van der Waals surface area contributed by atoms with Gasteiger partial charge in [0.05, 0.1) is 18.8 Å². The van der Waals surface area contributed by atoms with Gasteiger partial charge < -0.3 is 14.2 Å². The molecular weight excluding hydrogens is 614 g/mol. The number of aliphatic hydroxyl groups is 1. The molecule has 0 spiro atoms. The van der Waals surface area contributed by atoms with Gasteiger partial charge in [-0.15, -0.1) is 0 Å². The Morgan fingerprint density at radius 1 is 0.767 bits per heavy atom. The van der Waals surface area contributed by atoms with Gasteiger partial charge in [0.15, 0.2) is 0 Å². The SMILES string of the molecule is C=C(CO)[C@@H]1CC[C@@]2(C)[C@H]1[C@H]1CC[C@@H]3[C@@]4(C)CC[C@H](OS(=O)(=O)[O-])C(C)(C)[C@@H]4CC[C@@]3(C)[C@]1(C)C[C@@H]2OS(=O)(=O)[O-].[Na+].[Na+]. The van der Waals surface area contributed by atoms with Crippen molar-refractivity contribution in [3.05, 3.63) is 12.2 Å². The van der Waals surface area contributed by atoms with Crippen molar-refractivity contribution in [2.45, 2.75) is 112 Å². The quantitative estimate of drug-likeness (QED) is 0.162. The number of hydrogen-bond donors (Lipinski definition) is 1. The molecule has 13 heteroatoms. The Balaban J connectivity index is 0.00000253. The normalized spacial score (nSPS) is 47.0. The molecule has 0 saturated heterocycles. The molecule has 43 heavy (non-hydrogen) atoms. The van der Waals surface area contributed by atoms with E-state index in [9.17, 15) is 31.0 Å². The number of aliphatic hydroxyl groups excluding tert-OH is 1. The summed E-state index contributed by atoms with van der Waals surface area (Å²) in [6.45, 7) is 17.1. The average Bonchev–Trinajstić information content (AvgIpc) is 3.18. The maximum absolute atomic E-state index is 12.1. The second-order valence-corrected chi connectivity index (χ2v) is 17.7. The van der Waals surface area contributed by atoms with Crippen LogP contribution in [0.3, 0.4) is 0 Å². The molecule has 0 unspecified atom stereocenters. The summed E-state index contributed by atoms with van der Waals surface area (Å²) in [7, 11) is -9.76. The van der Waals surface area contributed by atoms with Crippen LogP contribution in [0.1, 0.15) is 99.3 Å². The summed E-state index contributed by atoms with van der Waals surface area (Å²) in [5.74, 6) is 0.734. The monoisotopic (exact) mass is 662 g/mol. The molecule has 236 valence electrons. The van der Waals surface area contributed by atoms with E-state index in [2.05, 4.69) is 34.3 Å². The molecule has 11 atom stereocenters. The summed E-state index contributed by atoms with van der Waals surface area (Å²) in [5, 5.41) is 10.1. The number of hydrogen-bond acceptors (Lipinski definition) is 9. The van der Waals surface area contributed by atoms with E-state index < -0.39 is 43.8 Å². The fourth-order valence-electron chi connectivity index (χ4n) is 12.1. The van der Waals surface area contributed by atoms with Crippen molar-refractivity contribution in [1.29, 1.82) is 0 Å². The second kappa shape index (κ2) is 12.4. The van der Waals surface area contributed by atoms with Crippen LogP contribution in [-0.4, -0.2) is 49.9 Å². The molecule has 0 heterocycles. The predicted molar refractivity (Wildman–Crippen MR) is 151 cm³/mol. The number of fused-ring (bicyclic) bond motifs is 7. The molecule has 5 saturated carbocycles. The second-order valence-electron chi connectivity index (χ2n) is 15.7. The smallest absolute Gasteiger partial charge is 0.726 e. The molecule has 5 rings (SSSR count). The van der Waals surface area contributed by atoms with Crippen LogP contribution < -0.4 is 59.1 Å². The van der Waals surface area contributed by atoms with Gasteiger partial charge in [-0.05, 0) is 120 Å². The molecule has 9 nitrogen and oxygen atoms in total. The van der Waals surface area contributed by atoms with Crippen LogP contribution in [0.5, 0.6) is 0 Å². The summed E-state index contributed by atoms with van der Waals surface area (Å²) in [4.78, 5) is 0. The molecule has 0 aromatic heterocycles. The van der Waals surface area contributed by atoms with E-state index in [1.807, 2.05) is 13.8 Å². The van der Waals surface area contributed by atoms with Crippen molar-refractivity contribution in [1.82, 2.24) is 0 Å². The van der Waals surface area contributed by atoms with E-state index >= 15 is 0 Å². The van der Waals surface area contributed by atoms with Crippen LogP contribution in [0, 0.1) is 56.7 Å². The zero-order valence-electron chi connectivity index (χ0n) is 27.3. The van der Waals surface area contributed by atoms with Gasteiger partial charge in [0.1, 0.15) is 0 Å². The fraction of sp³-hybridized carbons (Fsp3) is 0.933. The first-order valence-electron chi connectivity index (χ1n) is 15.2. The molecule has 0 bridgehead atoms. The van der Waals surface area contributed by atoms with Crippen molar-refractivity contribution >= 4 is 20.8 Å².